The Morgan fingerprint density at radius 3 is 2.85 bits per heavy atom. The third-order valence-corrected chi connectivity index (χ3v) is 4.23. The number of nitrogens with zero attached hydrogens (tertiary/aromatic N) is 2. The van der Waals surface area contributed by atoms with E-state index in [2.05, 4.69) is 28.2 Å². The fourth-order valence-corrected chi connectivity index (χ4v) is 2.54. The predicted octanol–water partition coefficient (Wildman–Crippen LogP) is 3.49. The summed E-state index contributed by atoms with van der Waals surface area (Å²) in [5.41, 5.74) is 2.17. The molecule has 1 heterocycles. The zero-order chi connectivity index (χ0) is 14.7. The van der Waals surface area contributed by atoms with Crippen LogP contribution in [0.3, 0.4) is 0 Å². The van der Waals surface area contributed by atoms with E-state index in [1.807, 2.05) is 36.1 Å². The van der Waals surface area contributed by atoms with Crippen molar-refractivity contribution < 1.29 is 4.92 Å². The Labute approximate surface area is 125 Å². The smallest absolute Gasteiger partial charge is 0.283 e. The Kier molecular flexibility index (Phi) is 4.57. The molecule has 0 aliphatic carbocycles. The maximum Gasteiger partial charge on any atom is 0.283 e. The Morgan fingerprint density at radius 1 is 1.45 bits per heavy atom. The summed E-state index contributed by atoms with van der Waals surface area (Å²) < 4.78 is 2.56. The van der Waals surface area contributed by atoms with Crippen LogP contribution in [0.25, 0.3) is 0 Å². The molecule has 5 nitrogen and oxygen atoms in total. The van der Waals surface area contributed by atoms with Crippen LogP contribution in [0.2, 0.25) is 0 Å². The lowest BCUT2D eigenvalue weighted by atomic mass is 10.2. The van der Waals surface area contributed by atoms with Crippen molar-refractivity contribution in [2.24, 2.45) is 0 Å². The number of hydrogen-bond acceptors (Lipinski definition) is 3. The lowest BCUT2D eigenvalue weighted by Gasteiger charge is -2.08. The summed E-state index contributed by atoms with van der Waals surface area (Å²) in [4.78, 5) is 10.5. The third kappa shape index (κ3) is 3.08. The molecule has 1 atom stereocenters. The summed E-state index contributed by atoms with van der Waals surface area (Å²) in [6.45, 7) is 2.68. The zero-order valence-corrected chi connectivity index (χ0v) is 12.9. The van der Waals surface area contributed by atoms with Gasteiger partial charge in [0.1, 0.15) is 4.47 Å². The average molecular weight is 338 g/mol. The minimum Gasteiger partial charge on any atom is -0.350 e. The zero-order valence-electron chi connectivity index (χ0n) is 11.3. The minimum absolute atomic E-state index is 0.0958. The monoisotopic (exact) mass is 337 g/mol. The maximum absolute atomic E-state index is 10.9. The quantitative estimate of drug-likeness (QED) is 0.671. The van der Waals surface area contributed by atoms with E-state index in [1.54, 1.807) is 6.07 Å². The van der Waals surface area contributed by atoms with Gasteiger partial charge in [-0.1, -0.05) is 12.1 Å². The largest absolute Gasteiger partial charge is 0.350 e. The Morgan fingerprint density at radius 2 is 2.20 bits per heavy atom. The number of benzene rings is 1. The molecule has 0 saturated heterocycles. The van der Waals surface area contributed by atoms with Gasteiger partial charge < -0.3 is 9.88 Å². The number of hydrogen-bond donors (Lipinski definition) is 1. The Hall–Kier alpha value is -1.66. The molecule has 0 spiro atoms. The molecule has 1 unspecified atom stereocenters. The molecular weight excluding hydrogens is 322 g/mol. The van der Waals surface area contributed by atoms with E-state index in [9.17, 15) is 10.1 Å². The van der Waals surface area contributed by atoms with Gasteiger partial charge >= 0.3 is 0 Å². The summed E-state index contributed by atoms with van der Waals surface area (Å²) >= 11 is 3.32. The molecule has 2 rings (SSSR count). The van der Waals surface area contributed by atoms with Crippen molar-refractivity contribution in [2.75, 3.05) is 7.05 Å². The first-order chi connectivity index (χ1) is 9.52. The van der Waals surface area contributed by atoms with Crippen LogP contribution in [0.15, 0.2) is 41.1 Å². The molecule has 0 fully saturated rings. The van der Waals surface area contributed by atoms with Gasteiger partial charge in [-0.2, -0.15) is 0 Å². The lowest BCUT2D eigenvalue weighted by Crippen LogP contribution is -2.11. The predicted molar refractivity (Wildman–Crippen MR) is 81.8 cm³/mol. The molecule has 1 aromatic heterocycles. The van der Waals surface area contributed by atoms with Gasteiger partial charge in [-0.15, -0.1) is 0 Å². The van der Waals surface area contributed by atoms with Gasteiger partial charge in [-0.25, -0.2) is 0 Å². The van der Waals surface area contributed by atoms with E-state index in [-0.39, 0.29) is 16.7 Å². The molecule has 0 amide bonds. The fraction of sp³-hybridized carbons (Fsp3) is 0.286. The second kappa shape index (κ2) is 6.19. The van der Waals surface area contributed by atoms with E-state index in [0.717, 1.165) is 5.56 Å². The lowest BCUT2D eigenvalue weighted by molar-refractivity contribution is -0.385. The highest BCUT2D eigenvalue weighted by molar-refractivity contribution is 9.10. The van der Waals surface area contributed by atoms with Crippen LogP contribution in [0, 0.1) is 10.1 Å². The maximum atomic E-state index is 10.9. The number of nitro groups is 1. The average Bonchev–Trinajstić information content (AvgIpc) is 2.88. The SMILES string of the molecule is CNC(C)c1ccn(Cc2cccc([N+](=O)[O-])c2Br)c1. The molecule has 0 aliphatic heterocycles. The highest BCUT2D eigenvalue weighted by atomic mass is 79.9. The minimum atomic E-state index is -0.377. The molecule has 6 heteroatoms. The summed E-state index contributed by atoms with van der Waals surface area (Å²) in [6.07, 6.45) is 4.03. The first-order valence-corrected chi connectivity index (χ1v) is 7.07. The molecule has 0 aliphatic rings. The Bertz CT molecular complexity index is 625. The molecule has 2 aromatic rings. The third-order valence-electron chi connectivity index (χ3n) is 3.31. The van der Waals surface area contributed by atoms with E-state index >= 15 is 0 Å². The van der Waals surface area contributed by atoms with E-state index in [1.165, 1.54) is 11.6 Å². The number of halogens is 1. The summed E-state index contributed by atoms with van der Waals surface area (Å²) in [7, 11) is 1.92. The van der Waals surface area contributed by atoms with E-state index in [0.29, 0.717) is 11.0 Å². The van der Waals surface area contributed by atoms with Crippen molar-refractivity contribution in [3.05, 3.63) is 62.4 Å². The number of rotatable bonds is 5. The van der Waals surface area contributed by atoms with Gasteiger partial charge in [0.05, 0.1) is 4.92 Å². The van der Waals surface area contributed by atoms with Gasteiger partial charge in [-0.3, -0.25) is 10.1 Å². The van der Waals surface area contributed by atoms with Crippen LogP contribution in [-0.2, 0) is 6.54 Å². The molecule has 106 valence electrons. The van der Waals surface area contributed by atoms with Gasteiger partial charge in [0.25, 0.3) is 5.69 Å². The topological polar surface area (TPSA) is 60.1 Å². The molecular formula is C14H16BrN3O2. The van der Waals surface area contributed by atoms with Crippen molar-refractivity contribution in [3.8, 4) is 0 Å². The fourth-order valence-electron chi connectivity index (χ4n) is 2.01. The highest BCUT2D eigenvalue weighted by Crippen LogP contribution is 2.29. The number of nitro benzene ring substituents is 1. The van der Waals surface area contributed by atoms with Crippen LogP contribution in [0.1, 0.15) is 24.1 Å². The van der Waals surface area contributed by atoms with Gasteiger partial charge in [0.2, 0.25) is 0 Å². The molecule has 1 aromatic carbocycles. The van der Waals surface area contributed by atoms with Gasteiger partial charge in [-0.05, 0) is 47.1 Å². The molecule has 20 heavy (non-hydrogen) atoms. The second-order valence-corrected chi connectivity index (χ2v) is 5.43. The standard InChI is InChI=1S/C14H16BrN3O2/c1-10(16-2)11-6-7-17(8-11)9-12-4-3-5-13(14(12)15)18(19)20/h3-8,10,16H,9H2,1-2H3. The van der Waals surface area contributed by atoms with Crippen molar-refractivity contribution in [2.45, 2.75) is 19.5 Å². The molecule has 0 saturated carbocycles. The van der Waals surface area contributed by atoms with Crippen LogP contribution >= 0.6 is 15.9 Å². The van der Waals surface area contributed by atoms with Crippen LogP contribution < -0.4 is 5.32 Å². The second-order valence-electron chi connectivity index (χ2n) is 4.63. The molecule has 1 N–H and O–H groups in total. The number of nitrogens with one attached hydrogen (secondary N) is 1. The normalized spacial score (nSPS) is 12.3. The Balaban J connectivity index is 2.24. The van der Waals surface area contributed by atoms with Crippen molar-refractivity contribution in [1.82, 2.24) is 9.88 Å². The van der Waals surface area contributed by atoms with Crippen LogP contribution in [0.4, 0.5) is 5.69 Å². The van der Waals surface area contributed by atoms with Gasteiger partial charge in [0, 0.05) is 31.0 Å². The first-order valence-electron chi connectivity index (χ1n) is 6.27. The van der Waals surface area contributed by atoms with Crippen LogP contribution in [-0.4, -0.2) is 16.5 Å². The summed E-state index contributed by atoms with van der Waals surface area (Å²) in [5, 5.41) is 14.1. The molecule has 0 radical (unpaired) electrons. The van der Waals surface area contributed by atoms with Crippen molar-refractivity contribution >= 4 is 21.6 Å². The van der Waals surface area contributed by atoms with Gasteiger partial charge in [0.15, 0.2) is 0 Å². The van der Waals surface area contributed by atoms with Crippen LogP contribution in [0.5, 0.6) is 0 Å². The van der Waals surface area contributed by atoms with E-state index < -0.39 is 0 Å². The summed E-state index contributed by atoms with van der Waals surface area (Å²) in [6, 6.07) is 7.42. The summed E-state index contributed by atoms with van der Waals surface area (Å²) in [5.74, 6) is 0. The molecule has 0 bridgehead atoms. The highest BCUT2D eigenvalue weighted by Gasteiger charge is 2.15. The number of aromatic nitrogens is 1. The van der Waals surface area contributed by atoms with Crippen molar-refractivity contribution in [1.29, 1.82) is 0 Å². The first kappa shape index (κ1) is 14.7. The van der Waals surface area contributed by atoms with Crippen molar-refractivity contribution in [3.63, 3.8) is 0 Å². The van der Waals surface area contributed by atoms with E-state index in [4.69, 9.17) is 0 Å².